The molecule has 0 amide bonds. The number of anilines is 1. The number of nitrogens with zero attached hydrogens (tertiary/aromatic N) is 2. The molecule has 2 aliphatic rings. The highest BCUT2D eigenvalue weighted by atomic mass is 19.3. The number of rotatable bonds is 4. The van der Waals surface area contributed by atoms with E-state index in [1.807, 2.05) is 48.5 Å². The SMILES string of the molecule is COc1cccc(-c2nc(NC3C4CCCC(F)(F)C43)c3ccccc3n2)c1. The van der Waals surface area contributed by atoms with Gasteiger partial charge in [0.2, 0.25) is 0 Å². The lowest BCUT2D eigenvalue weighted by Crippen LogP contribution is -2.25. The largest absolute Gasteiger partial charge is 0.497 e. The summed E-state index contributed by atoms with van der Waals surface area (Å²) in [6.07, 6.45) is 1.43. The third-order valence-electron chi connectivity index (χ3n) is 5.94. The Morgan fingerprint density at radius 3 is 2.79 bits per heavy atom. The van der Waals surface area contributed by atoms with E-state index in [4.69, 9.17) is 9.72 Å². The van der Waals surface area contributed by atoms with Gasteiger partial charge in [-0.25, -0.2) is 18.7 Å². The number of hydrogen-bond donors (Lipinski definition) is 1. The van der Waals surface area contributed by atoms with Crippen LogP contribution in [0, 0.1) is 11.8 Å². The monoisotopic (exact) mass is 381 g/mol. The van der Waals surface area contributed by atoms with Crippen LogP contribution in [-0.2, 0) is 0 Å². The molecule has 2 aliphatic carbocycles. The normalized spacial score (nSPS) is 25.2. The van der Waals surface area contributed by atoms with E-state index in [-0.39, 0.29) is 18.4 Å². The van der Waals surface area contributed by atoms with E-state index in [9.17, 15) is 8.78 Å². The molecule has 5 rings (SSSR count). The number of aromatic nitrogens is 2. The molecule has 0 radical (unpaired) electrons. The molecule has 3 atom stereocenters. The number of para-hydroxylation sites is 1. The summed E-state index contributed by atoms with van der Waals surface area (Å²) in [5.74, 6) is -1.25. The van der Waals surface area contributed by atoms with Gasteiger partial charge in [-0.05, 0) is 43.0 Å². The summed E-state index contributed by atoms with van der Waals surface area (Å²) in [7, 11) is 1.61. The third kappa shape index (κ3) is 2.87. The highest BCUT2D eigenvalue weighted by Gasteiger charge is 2.64. The van der Waals surface area contributed by atoms with Crippen LogP contribution in [0.5, 0.6) is 5.75 Å². The number of methoxy groups -OCH3 is 1. The molecule has 1 heterocycles. The van der Waals surface area contributed by atoms with Gasteiger partial charge in [-0.2, -0.15) is 0 Å². The van der Waals surface area contributed by atoms with E-state index in [0.717, 1.165) is 28.6 Å². The molecule has 0 spiro atoms. The van der Waals surface area contributed by atoms with E-state index < -0.39 is 11.8 Å². The molecule has 1 aromatic heterocycles. The molecule has 0 aliphatic heterocycles. The Bertz CT molecular complexity index is 1040. The summed E-state index contributed by atoms with van der Waals surface area (Å²) >= 11 is 0. The number of hydrogen-bond acceptors (Lipinski definition) is 4. The summed E-state index contributed by atoms with van der Waals surface area (Å²) in [6.45, 7) is 0. The smallest absolute Gasteiger partial charge is 0.253 e. The van der Waals surface area contributed by atoms with Crippen LogP contribution >= 0.6 is 0 Å². The van der Waals surface area contributed by atoms with Crippen molar-refractivity contribution in [2.45, 2.75) is 31.2 Å². The molecule has 2 saturated carbocycles. The Hall–Kier alpha value is -2.76. The topological polar surface area (TPSA) is 47.0 Å². The maximum atomic E-state index is 14.2. The highest BCUT2D eigenvalue weighted by molar-refractivity contribution is 5.90. The number of nitrogens with one attached hydrogen (secondary N) is 1. The first-order valence-electron chi connectivity index (χ1n) is 9.62. The van der Waals surface area contributed by atoms with Crippen LogP contribution in [-0.4, -0.2) is 29.0 Å². The van der Waals surface area contributed by atoms with Gasteiger partial charge in [0.1, 0.15) is 11.6 Å². The van der Waals surface area contributed by atoms with E-state index in [2.05, 4.69) is 10.3 Å². The third-order valence-corrected chi connectivity index (χ3v) is 5.94. The van der Waals surface area contributed by atoms with Gasteiger partial charge in [0.25, 0.3) is 5.92 Å². The molecule has 0 saturated heterocycles. The summed E-state index contributed by atoms with van der Waals surface area (Å²) in [4.78, 5) is 9.38. The molecule has 2 fully saturated rings. The fraction of sp³-hybridized carbons (Fsp3) is 0.364. The Morgan fingerprint density at radius 1 is 1.11 bits per heavy atom. The molecule has 3 unspecified atom stereocenters. The van der Waals surface area contributed by atoms with Crippen LogP contribution in [0.3, 0.4) is 0 Å². The zero-order valence-corrected chi connectivity index (χ0v) is 15.5. The summed E-state index contributed by atoms with van der Waals surface area (Å²) < 4.78 is 33.8. The highest BCUT2D eigenvalue weighted by Crippen LogP contribution is 2.58. The standard InChI is InChI=1S/C22H21F2N3O/c1-28-14-7-4-6-13(12-14)20-25-17-10-3-2-8-15(17)21(27-20)26-19-16-9-5-11-22(23,24)18(16)19/h2-4,6-8,10,12,16,18-19H,5,9,11H2,1H3,(H,25,26,27). The molecule has 144 valence electrons. The summed E-state index contributed by atoms with van der Waals surface area (Å²) in [5.41, 5.74) is 1.61. The number of fused-ring (bicyclic) bond motifs is 2. The van der Waals surface area contributed by atoms with Crippen molar-refractivity contribution in [3.8, 4) is 17.1 Å². The molecule has 28 heavy (non-hydrogen) atoms. The Labute approximate surface area is 162 Å². The average molecular weight is 381 g/mol. The van der Waals surface area contributed by atoms with Gasteiger partial charge in [-0.15, -0.1) is 0 Å². The van der Waals surface area contributed by atoms with Crippen molar-refractivity contribution in [1.29, 1.82) is 0 Å². The van der Waals surface area contributed by atoms with Crippen molar-refractivity contribution in [2.75, 3.05) is 12.4 Å². The second-order valence-corrected chi connectivity index (χ2v) is 7.66. The van der Waals surface area contributed by atoms with E-state index in [1.54, 1.807) is 7.11 Å². The molecule has 3 aromatic rings. The molecule has 2 aromatic carbocycles. The predicted octanol–water partition coefficient (Wildman–Crippen LogP) is 5.15. The van der Waals surface area contributed by atoms with Crippen molar-refractivity contribution >= 4 is 16.7 Å². The van der Waals surface area contributed by atoms with Crippen molar-refractivity contribution in [2.24, 2.45) is 11.8 Å². The van der Waals surface area contributed by atoms with Gasteiger partial charge >= 0.3 is 0 Å². The van der Waals surface area contributed by atoms with Gasteiger partial charge in [0.15, 0.2) is 5.82 Å². The van der Waals surface area contributed by atoms with E-state index in [0.29, 0.717) is 18.1 Å². The van der Waals surface area contributed by atoms with Crippen LogP contribution in [0.2, 0.25) is 0 Å². The van der Waals surface area contributed by atoms with Crippen LogP contribution in [0.1, 0.15) is 19.3 Å². The van der Waals surface area contributed by atoms with E-state index in [1.165, 1.54) is 0 Å². The predicted molar refractivity (Wildman–Crippen MR) is 105 cm³/mol. The lowest BCUT2D eigenvalue weighted by molar-refractivity contribution is -0.0496. The molecular formula is C22H21F2N3O. The quantitative estimate of drug-likeness (QED) is 0.679. The molecule has 6 heteroatoms. The minimum atomic E-state index is -2.58. The van der Waals surface area contributed by atoms with Crippen molar-refractivity contribution < 1.29 is 13.5 Å². The second-order valence-electron chi connectivity index (χ2n) is 7.66. The van der Waals surface area contributed by atoms with Gasteiger partial charge in [-0.3, -0.25) is 0 Å². The van der Waals surface area contributed by atoms with Crippen LogP contribution in [0.15, 0.2) is 48.5 Å². The maximum absolute atomic E-state index is 14.2. The molecule has 0 bridgehead atoms. The lowest BCUT2D eigenvalue weighted by atomic mass is 9.97. The molecular weight excluding hydrogens is 360 g/mol. The fourth-order valence-electron chi connectivity index (χ4n) is 4.48. The Morgan fingerprint density at radius 2 is 1.96 bits per heavy atom. The first-order valence-corrected chi connectivity index (χ1v) is 9.62. The fourth-order valence-corrected chi connectivity index (χ4v) is 4.48. The number of halogens is 2. The van der Waals surface area contributed by atoms with Crippen LogP contribution in [0.25, 0.3) is 22.3 Å². The second kappa shape index (κ2) is 6.40. The minimum absolute atomic E-state index is 0.00801. The Kier molecular flexibility index (Phi) is 3.96. The summed E-state index contributed by atoms with van der Waals surface area (Å²) in [6, 6.07) is 15.0. The van der Waals surface area contributed by atoms with Crippen molar-refractivity contribution in [1.82, 2.24) is 9.97 Å². The van der Waals surface area contributed by atoms with Crippen LogP contribution < -0.4 is 10.1 Å². The van der Waals surface area contributed by atoms with Gasteiger partial charge in [0.05, 0.1) is 12.6 Å². The number of alkyl halides is 2. The zero-order valence-electron chi connectivity index (χ0n) is 15.5. The van der Waals surface area contributed by atoms with Gasteiger partial charge in [-0.1, -0.05) is 24.3 Å². The van der Waals surface area contributed by atoms with Gasteiger partial charge < -0.3 is 10.1 Å². The maximum Gasteiger partial charge on any atom is 0.253 e. The van der Waals surface area contributed by atoms with E-state index >= 15 is 0 Å². The first-order chi connectivity index (χ1) is 13.6. The van der Waals surface area contributed by atoms with Crippen LogP contribution in [0.4, 0.5) is 14.6 Å². The number of benzene rings is 2. The van der Waals surface area contributed by atoms with Crippen molar-refractivity contribution in [3.05, 3.63) is 48.5 Å². The Balaban J connectivity index is 1.55. The van der Waals surface area contributed by atoms with Gasteiger partial charge in [0, 0.05) is 29.3 Å². The minimum Gasteiger partial charge on any atom is -0.497 e. The molecule has 1 N–H and O–H groups in total. The van der Waals surface area contributed by atoms with Crippen molar-refractivity contribution in [3.63, 3.8) is 0 Å². The summed E-state index contributed by atoms with van der Waals surface area (Å²) in [5, 5.41) is 4.18. The average Bonchev–Trinajstić information content (AvgIpc) is 3.42. The lowest BCUT2D eigenvalue weighted by Gasteiger charge is -2.19. The zero-order chi connectivity index (χ0) is 19.3. The first kappa shape index (κ1) is 17.3. The molecule has 4 nitrogen and oxygen atoms in total. The number of ether oxygens (including phenoxy) is 1.